The summed E-state index contributed by atoms with van der Waals surface area (Å²) in [7, 11) is 0. The molecule has 0 saturated heterocycles. The average molecular weight is 448 g/mol. The predicted molar refractivity (Wildman–Crippen MR) is 118 cm³/mol. The van der Waals surface area contributed by atoms with E-state index >= 15 is 0 Å². The van der Waals surface area contributed by atoms with Crippen LogP contribution in [0, 0.1) is 5.92 Å². The molecule has 158 valence electrons. The van der Waals surface area contributed by atoms with Crippen LogP contribution in [0.4, 0.5) is 0 Å². The van der Waals surface area contributed by atoms with E-state index in [-0.39, 0.29) is 11.6 Å². The normalized spacial score (nSPS) is 14.5. The zero-order valence-corrected chi connectivity index (χ0v) is 17.9. The number of nitrogens with one attached hydrogen (secondary N) is 1. The first kappa shape index (κ1) is 22.2. The zero-order valence-electron chi connectivity index (χ0n) is 16.4. The predicted octanol–water partition coefficient (Wildman–Crippen LogP) is 6.30. The van der Waals surface area contributed by atoms with E-state index in [1.165, 1.54) is 18.9 Å². The lowest BCUT2D eigenvalue weighted by molar-refractivity contribution is -0.134. The summed E-state index contributed by atoms with van der Waals surface area (Å²) in [6, 6.07) is 11.9. The molecule has 2 aromatic carbocycles. The number of hydrogen-bond donors (Lipinski definition) is 2. The van der Waals surface area contributed by atoms with Gasteiger partial charge in [0.15, 0.2) is 0 Å². The molecule has 0 atom stereocenters. The van der Waals surface area contributed by atoms with Crippen LogP contribution < -0.4 is 10.1 Å². The summed E-state index contributed by atoms with van der Waals surface area (Å²) in [5, 5.41) is 12.7. The maximum atomic E-state index is 12.2. The Labute approximate surface area is 185 Å². The van der Waals surface area contributed by atoms with Crippen molar-refractivity contribution in [2.45, 2.75) is 38.5 Å². The first-order valence-electron chi connectivity index (χ1n) is 9.89. The van der Waals surface area contributed by atoms with Crippen LogP contribution in [0.25, 0.3) is 6.08 Å². The second-order valence-electron chi connectivity index (χ2n) is 7.32. The fourth-order valence-corrected chi connectivity index (χ4v) is 3.90. The van der Waals surface area contributed by atoms with Crippen LogP contribution in [0.2, 0.25) is 10.0 Å². The van der Waals surface area contributed by atoms with E-state index in [1.807, 2.05) is 0 Å². The highest BCUT2D eigenvalue weighted by atomic mass is 35.5. The summed E-state index contributed by atoms with van der Waals surface area (Å²) in [6.07, 6.45) is 7.21. The maximum Gasteiger partial charge on any atom is 0.352 e. The van der Waals surface area contributed by atoms with Gasteiger partial charge in [0.05, 0.1) is 10.0 Å². The molecule has 2 N–H and O–H groups in total. The average Bonchev–Trinajstić information content (AvgIpc) is 3.23. The monoisotopic (exact) mass is 447 g/mol. The zero-order chi connectivity index (χ0) is 21.5. The smallest absolute Gasteiger partial charge is 0.352 e. The molecule has 0 bridgehead atoms. The number of aliphatic carboxylic acids is 1. The van der Waals surface area contributed by atoms with Crippen LogP contribution in [0.3, 0.4) is 0 Å². The molecule has 0 aliphatic heterocycles. The first-order chi connectivity index (χ1) is 14.4. The van der Waals surface area contributed by atoms with Gasteiger partial charge in [-0.25, -0.2) is 4.79 Å². The topological polar surface area (TPSA) is 75.6 Å². The Morgan fingerprint density at radius 1 is 1.07 bits per heavy atom. The lowest BCUT2D eigenvalue weighted by atomic mass is 10.0. The van der Waals surface area contributed by atoms with Gasteiger partial charge in [0.25, 0.3) is 0 Å². The molecule has 0 aromatic heterocycles. The molecular formula is C23H23Cl2NO4. The maximum absolute atomic E-state index is 12.2. The van der Waals surface area contributed by atoms with Gasteiger partial charge < -0.3 is 15.2 Å². The van der Waals surface area contributed by atoms with Crippen LogP contribution in [-0.2, 0) is 9.59 Å². The molecule has 3 rings (SSSR count). The number of benzene rings is 2. The number of halogens is 2. The lowest BCUT2D eigenvalue weighted by Gasteiger charge is -2.11. The van der Waals surface area contributed by atoms with Crippen molar-refractivity contribution in [2.75, 3.05) is 0 Å². The molecule has 7 heteroatoms. The van der Waals surface area contributed by atoms with E-state index < -0.39 is 5.97 Å². The molecule has 0 spiro atoms. The number of ether oxygens (including phenoxy) is 1. The Morgan fingerprint density at radius 2 is 1.77 bits per heavy atom. The minimum absolute atomic E-state index is 0.192. The van der Waals surface area contributed by atoms with Crippen LogP contribution in [0.15, 0.2) is 48.2 Å². The van der Waals surface area contributed by atoms with Gasteiger partial charge in [-0.15, -0.1) is 0 Å². The quantitative estimate of drug-likeness (QED) is 0.465. The third-order valence-electron chi connectivity index (χ3n) is 5.08. The van der Waals surface area contributed by atoms with E-state index in [0.29, 0.717) is 39.4 Å². The van der Waals surface area contributed by atoms with Crippen molar-refractivity contribution in [2.24, 2.45) is 5.92 Å². The molecule has 1 amide bonds. The van der Waals surface area contributed by atoms with Gasteiger partial charge in [-0.2, -0.15) is 0 Å². The van der Waals surface area contributed by atoms with Gasteiger partial charge in [-0.1, -0.05) is 67.1 Å². The van der Waals surface area contributed by atoms with Crippen LogP contribution in [0.1, 0.15) is 44.1 Å². The summed E-state index contributed by atoms with van der Waals surface area (Å²) in [4.78, 5) is 23.8. The summed E-state index contributed by atoms with van der Waals surface area (Å²) < 4.78 is 5.72. The van der Waals surface area contributed by atoms with Crippen molar-refractivity contribution >= 4 is 41.2 Å². The van der Waals surface area contributed by atoms with E-state index in [9.17, 15) is 14.7 Å². The second kappa shape index (κ2) is 10.5. The molecule has 1 aliphatic rings. The van der Waals surface area contributed by atoms with Crippen LogP contribution in [0.5, 0.6) is 11.5 Å². The minimum Gasteiger partial charge on any atom is -0.477 e. The van der Waals surface area contributed by atoms with Crippen molar-refractivity contribution in [3.05, 3.63) is 63.8 Å². The Bertz CT molecular complexity index is 952. The summed E-state index contributed by atoms with van der Waals surface area (Å²) >= 11 is 12.4. The Balaban J connectivity index is 1.67. The molecule has 0 radical (unpaired) electrons. The fraction of sp³-hybridized carbons (Fsp3) is 0.304. The Morgan fingerprint density at radius 3 is 2.43 bits per heavy atom. The highest BCUT2D eigenvalue weighted by molar-refractivity contribution is 6.33. The second-order valence-corrected chi connectivity index (χ2v) is 8.14. The highest BCUT2D eigenvalue weighted by Gasteiger charge is 2.18. The molecular weight excluding hydrogens is 425 g/mol. The standard InChI is InChI=1S/C23H23Cl2NO4/c24-17-7-3-4-8-20(17)30-21-11-9-16(13-18(21)25)14-19(23(28)29)26-22(27)12-10-15-5-1-2-6-15/h3-4,7-9,11,13-15H,1-2,5-6,10,12H2,(H,26,27)(H,28,29)/b19-14-. The molecule has 30 heavy (non-hydrogen) atoms. The molecule has 0 unspecified atom stereocenters. The number of amides is 1. The van der Waals surface area contributed by atoms with Crippen LogP contribution in [-0.4, -0.2) is 17.0 Å². The summed E-state index contributed by atoms with van der Waals surface area (Å²) in [5.41, 5.74) is 0.335. The molecule has 1 fully saturated rings. The molecule has 2 aromatic rings. The Hall–Kier alpha value is -2.50. The van der Waals surface area contributed by atoms with E-state index in [2.05, 4.69) is 5.32 Å². The number of para-hydroxylation sites is 1. The third-order valence-corrected chi connectivity index (χ3v) is 5.69. The van der Waals surface area contributed by atoms with Gasteiger partial charge in [-0.05, 0) is 48.2 Å². The van der Waals surface area contributed by atoms with Crippen LogP contribution >= 0.6 is 23.2 Å². The number of carbonyl (C=O) groups excluding carboxylic acids is 1. The largest absolute Gasteiger partial charge is 0.477 e. The number of carbonyl (C=O) groups is 2. The number of hydrogen-bond acceptors (Lipinski definition) is 3. The summed E-state index contributed by atoms with van der Waals surface area (Å²) in [5.74, 6) is -0.0842. The van der Waals surface area contributed by atoms with E-state index in [1.54, 1.807) is 42.5 Å². The van der Waals surface area contributed by atoms with Gasteiger partial charge in [0, 0.05) is 6.42 Å². The highest BCUT2D eigenvalue weighted by Crippen LogP contribution is 2.34. The van der Waals surface area contributed by atoms with Crippen molar-refractivity contribution in [3.8, 4) is 11.5 Å². The Kier molecular flexibility index (Phi) is 7.77. The molecule has 0 heterocycles. The fourth-order valence-electron chi connectivity index (χ4n) is 3.50. The van der Waals surface area contributed by atoms with Gasteiger partial charge in [0.1, 0.15) is 17.2 Å². The number of rotatable bonds is 8. The van der Waals surface area contributed by atoms with Gasteiger partial charge in [-0.3, -0.25) is 4.79 Å². The number of carboxylic acid groups (broad SMARTS) is 1. The van der Waals surface area contributed by atoms with Crippen molar-refractivity contribution in [3.63, 3.8) is 0 Å². The van der Waals surface area contributed by atoms with Gasteiger partial charge in [0.2, 0.25) is 5.91 Å². The molecule has 1 aliphatic carbocycles. The van der Waals surface area contributed by atoms with Crippen molar-refractivity contribution in [1.82, 2.24) is 5.32 Å². The SMILES string of the molecule is O=C(CCC1CCCC1)N/C(=C\c1ccc(Oc2ccccc2Cl)c(Cl)c1)C(=O)O. The van der Waals surface area contributed by atoms with E-state index in [0.717, 1.165) is 19.3 Å². The molecule has 1 saturated carbocycles. The summed E-state index contributed by atoms with van der Waals surface area (Å²) in [6.45, 7) is 0. The third kappa shape index (κ3) is 6.25. The van der Waals surface area contributed by atoms with Crippen molar-refractivity contribution in [1.29, 1.82) is 0 Å². The lowest BCUT2D eigenvalue weighted by Crippen LogP contribution is -2.27. The minimum atomic E-state index is -1.21. The van der Waals surface area contributed by atoms with Gasteiger partial charge >= 0.3 is 5.97 Å². The first-order valence-corrected chi connectivity index (χ1v) is 10.6. The van der Waals surface area contributed by atoms with Crippen molar-refractivity contribution < 1.29 is 19.4 Å². The number of carboxylic acids is 1. The van der Waals surface area contributed by atoms with E-state index in [4.69, 9.17) is 27.9 Å². The molecule has 5 nitrogen and oxygen atoms in total.